The highest BCUT2D eigenvalue weighted by molar-refractivity contribution is 7.93. The van der Waals surface area contributed by atoms with Crippen LogP contribution >= 0.6 is 23.1 Å². The Balaban J connectivity index is 1.44. The third-order valence-electron chi connectivity index (χ3n) is 4.47. The predicted molar refractivity (Wildman–Crippen MR) is 118 cm³/mol. The molecule has 0 bridgehead atoms. The van der Waals surface area contributed by atoms with Crippen molar-refractivity contribution >= 4 is 60.0 Å². The zero-order valence-electron chi connectivity index (χ0n) is 15.2. The fourth-order valence-corrected chi connectivity index (χ4v) is 5.94. The number of thiazole rings is 1. The Morgan fingerprint density at radius 2 is 1.76 bits per heavy atom. The Morgan fingerprint density at radius 1 is 0.931 bits per heavy atom. The molecule has 0 saturated carbocycles. The van der Waals surface area contributed by atoms with Crippen molar-refractivity contribution in [2.24, 2.45) is 0 Å². The number of anilines is 1. The first kappa shape index (κ1) is 18.2. The summed E-state index contributed by atoms with van der Waals surface area (Å²) >= 11 is 2.61. The lowest BCUT2D eigenvalue weighted by atomic mass is 10.2. The van der Waals surface area contributed by atoms with Crippen molar-refractivity contribution in [2.75, 3.05) is 4.72 Å². The predicted octanol–water partition coefficient (Wildman–Crippen LogP) is 5.08. The highest BCUT2D eigenvalue weighted by Gasteiger charge is 2.19. The Bertz CT molecular complexity index is 1450. The van der Waals surface area contributed by atoms with Crippen LogP contribution in [0.2, 0.25) is 0 Å². The number of hydrogen-bond donors (Lipinski definition) is 1. The topological polar surface area (TPSA) is 84.8 Å². The van der Waals surface area contributed by atoms with Gasteiger partial charge in [-0.05, 0) is 61.0 Å². The van der Waals surface area contributed by atoms with Gasteiger partial charge in [0, 0.05) is 11.3 Å². The first-order chi connectivity index (χ1) is 14.0. The summed E-state index contributed by atoms with van der Waals surface area (Å²) in [6, 6.07) is 18.3. The molecule has 0 amide bonds. The minimum Gasteiger partial charge on any atom is -0.280 e. The quantitative estimate of drug-likeness (QED) is 0.423. The summed E-state index contributed by atoms with van der Waals surface area (Å²) in [4.78, 5) is 4.79. The maximum atomic E-state index is 12.8. The SMILES string of the molecule is Cc1ccc2nc(-c3ccc(NS(=O)(=O)c4cccc5nsnc45)cc3)sc2c1. The van der Waals surface area contributed by atoms with E-state index in [1.54, 1.807) is 35.6 Å². The smallest absolute Gasteiger partial charge is 0.264 e. The highest BCUT2D eigenvalue weighted by Crippen LogP contribution is 2.32. The Labute approximate surface area is 175 Å². The van der Waals surface area contributed by atoms with Crippen LogP contribution in [0.1, 0.15) is 5.56 Å². The molecule has 0 unspecified atom stereocenters. The van der Waals surface area contributed by atoms with E-state index < -0.39 is 10.0 Å². The average molecular weight is 439 g/mol. The third-order valence-corrected chi connectivity index (χ3v) is 7.49. The molecule has 5 aromatic rings. The van der Waals surface area contributed by atoms with Crippen molar-refractivity contribution in [3.05, 3.63) is 66.2 Å². The van der Waals surface area contributed by atoms with Gasteiger partial charge in [0.05, 0.1) is 21.9 Å². The van der Waals surface area contributed by atoms with Gasteiger partial charge in [-0.25, -0.2) is 13.4 Å². The maximum Gasteiger partial charge on any atom is 0.264 e. The summed E-state index contributed by atoms with van der Waals surface area (Å²) in [5, 5.41) is 0.901. The van der Waals surface area contributed by atoms with Crippen molar-refractivity contribution in [3.8, 4) is 10.6 Å². The van der Waals surface area contributed by atoms with Crippen LogP contribution in [0.3, 0.4) is 0 Å². The molecule has 1 N–H and O–H groups in total. The van der Waals surface area contributed by atoms with E-state index >= 15 is 0 Å². The molecule has 0 spiro atoms. The van der Waals surface area contributed by atoms with Gasteiger partial charge in [-0.15, -0.1) is 11.3 Å². The molecule has 0 saturated heterocycles. The van der Waals surface area contributed by atoms with Crippen molar-refractivity contribution in [3.63, 3.8) is 0 Å². The Hall–Kier alpha value is -2.88. The molecule has 0 atom stereocenters. The van der Waals surface area contributed by atoms with Gasteiger partial charge in [0.25, 0.3) is 10.0 Å². The second-order valence-corrected chi connectivity index (χ2v) is 9.77. The molecule has 29 heavy (non-hydrogen) atoms. The van der Waals surface area contributed by atoms with E-state index in [0.29, 0.717) is 16.7 Å². The molecule has 0 aliphatic rings. The third kappa shape index (κ3) is 3.37. The number of rotatable bonds is 4. The van der Waals surface area contributed by atoms with Gasteiger partial charge in [-0.3, -0.25) is 4.72 Å². The van der Waals surface area contributed by atoms with E-state index in [2.05, 4.69) is 31.4 Å². The second-order valence-electron chi connectivity index (χ2n) is 6.56. The summed E-state index contributed by atoms with van der Waals surface area (Å²) < 4.78 is 37.6. The summed E-state index contributed by atoms with van der Waals surface area (Å²) in [5.41, 5.74) is 4.53. The van der Waals surface area contributed by atoms with Gasteiger partial charge in [0.2, 0.25) is 0 Å². The average Bonchev–Trinajstić information content (AvgIpc) is 3.34. The highest BCUT2D eigenvalue weighted by atomic mass is 32.2. The number of aryl methyl sites for hydroxylation is 1. The van der Waals surface area contributed by atoms with Gasteiger partial charge in [0.15, 0.2) is 0 Å². The molecule has 0 aliphatic carbocycles. The molecular weight excluding hydrogens is 424 g/mol. The van der Waals surface area contributed by atoms with Crippen molar-refractivity contribution < 1.29 is 8.42 Å². The zero-order chi connectivity index (χ0) is 20.0. The van der Waals surface area contributed by atoms with Gasteiger partial charge in [-0.2, -0.15) is 8.75 Å². The molecule has 3 aromatic carbocycles. The van der Waals surface area contributed by atoms with Gasteiger partial charge in [-0.1, -0.05) is 12.1 Å². The molecule has 144 valence electrons. The van der Waals surface area contributed by atoms with E-state index in [9.17, 15) is 8.42 Å². The zero-order valence-corrected chi connectivity index (χ0v) is 17.6. The maximum absolute atomic E-state index is 12.8. The number of hydrogen-bond acceptors (Lipinski definition) is 7. The fraction of sp³-hybridized carbons (Fsp3) is 0.0500. The standard InChI is InChI=1S/C20H14N4O2S3/c1-12-5-10-15-17(11-12)27-20(21-15)13-6-8-14(9-7-13)24-29(25,26)18-4-2-3-16-19(18)23-28-22-16/h2-11,24H,1H3. The monoisotopic (exact) mass is 438 g/mol. The summed E-state index contributed by atoms with van der Waals surface area (Å²) in [6.45, 7) is 2.06. The van der Waals surface area contributed by atoms with Crippen LogP contribution in [0.5, 0.6) is 0 Å². The van der Waals surface area contributed by atoms with Crippen LogP contribution in [0.4, 0.5) is 5.69 Å². The van der Waals surface area contributed by atoms with E-state index in [-0.39, 0.29) is 4.90 Å². The van der Waals surface area contributed by atoms with Gasteiger partial charge in [0.1, 0.15) is 20.9 Å². The fourth-order valence-electron chi connectivity index (χ4n) is 3.04. The van der Waals surface area contributed by atoms with E-state index in [1.807, 2.05) is 24.3 Å². The van der Waals surface area contributed by atoms with Crippen LogP contribution in [0, 0.1) is 6.92 Å². The lowest BCUT2D eigenvalue weighted by molar-refractivity contribution is 0.602. The normalized spacial score (nSPS) is 11.9. The molecule has 0 radical (unpaired) electrons. The summed E-state index contributed by atoms with van der Waals surface area (Å²) in [6.07, 6.45) is 0. The minimum absolute atomic E-state index is 0.120. The molecule has 0 aliphatic heterocycles. The van der Waals surface area contributed by atoms with Crippen molar-refractivity contribution in [1.82, 2.24) is 13.7 Å². The molecule has 0 fully saturated rings. The largest absolute Gasteiger partial charge is 0.280 e. The molecular formula is C20H14N4O2S3. The van der Waals surface area contributed by atoms with E-state index in [0.717, 1.165) is 32.5 Å². The number of benzene rings is 3. The molecule has 9 heteroatoms. The number of nitrogens with one attached hydrogen (secondary N) is 1. The molecule has 2 heterocycles. The van der Waals surface area contributed by atoms with Crippen LogP contribution in [-0.4, -0.2) is 22.1 Å². The van der Waals surface area contributed by atoms with E-state index in [4.69, 9.17) is 0 Å². The van der Waals surface area contributed by atoms with Crippen LogP contribution in [0.15, 0.2) is 65.6 Å². The lowest BCUT2D eigenvalue weighted by Crippen LogP contribution is -2.13. The van der Waals surface area contributed by atoms with Crippen LogP contribution < -0.4 is 4.72 Å². The van der Waals surface area contributed by atoms with Crippen molar-refractivity contribution in [2.45, 2.75) is 11.8 Å². The Morgan fingerprint density at radius 3 is 2.59 bits per heavy atom. The lowest BCUT2D eigenvalue weighted by Gasteiger charge is -2.08. The number of fused-ring (bicyclic) bond motifs is 2. The molecule has 6 nitrogen and oxygen atoms in total. The molecule has 5 rings (SSSR count). The minimum atomic E-state index is -3.77. The van der Waals surface area contributed by atoms with Crippen molar-refractivity contribution in [1.29, 1.82) is 0 Å². The molecule has 2 aromatic heterocycles. The Kier molecular flexibility index (Phi) is 4.30. The second kappa shape index (κ2) is 6.87. The number of aromatic nitrogens is 3. The summed E-state index contributed by atoms with van der Waals surface area (Å²) in [5.74, 6) is 0. The van der Waals surface area contributed by atoms with Gasteiger partial charge >= 0.3 is 0 Å². The number of sulfonamides is 1. The first-order valence-electron chi connectivity index (χ1n) is 8.71. The summed E-state index contributed by atoms with van der Waals surface area (Å²) in [7, 11) is -3.77. The first-order valence-corrected chi connectivity index (χ1v) is 11.7. The van der Waals surface area contributed by atoms with Crippen LogP contribution in [0.25, 0.3) is 31.8 Å². The van der Waals surface area contributed by atoms with Gasteiger partial charge < -0.3 is 0 Å². The van der Waals surface area contributed by atoms with E-state index in [1.165, 1.54) is 11.6 Å². The number of nitrogens with zero attached hydrogens (tertiary/aromatic N) is 3. The van der Waals surface area contributed by atoms with Crippen LogP contribution in [-0.2, 0) is 10.0 Å².